The molecule has 0 spiro atoms. The highest BCUT2D eigenvalue weighted by Crippen LogP contribution is 2.48. The second-order valence-electron chi connectivity index (χ2n) is 15.5. The van der Waals surface area contributed by atoms with Gasteiger partial charge in [0.2, 0.25) is 0 Å². The Morgan fingerprint density at radius 1 is 0.596 bits per heavy atom. The van der Waals surface area contributed by atoms with Crippen LogP contribution in [-0.2, 0) is 21.7 Å². The Labute approximate surface area is 287 Å². The number of carbonyl (C=O) groups is 2. The highest BCUT2D eigenvalue weighted by atomic mass is 32.2. The zero-order chi connectivity index (χ0) is 34.4. The summed E-state index contributed by atoms with van der Waals surface area (Å²) < 4.78 is 1.02. The van der Waals surface area contributed by atoms with Crippen LogP contribution >= 0.6 is 23.1 Å². The molecule has 0 saturated carbocycles. The SMILES string of the molecule is CC1(C)CCC(C)(C)c2cc(Nc3ccc(C(=O)O)cc3)ccc21.CC1(C)CCC(C)(C)c2cc(Sc3ccc(C(=O)O)s3)ccc21. The van der Waals surface area contributed by atoms with Crippen LogP contribution in [0.2, 0.25) is 0 Å². The Hall–Kier alpha value is -3.55. The van der Waals surface area contributed by atoms with Crippen molar-refractivity contribution in [3.8, 4) is 0 Å². The molecule has 1 heterocycles. The summed E-state index contributed by atoms with van der Waals surface area (Å²) in [5.74, 6) is -1.76. The average molecular weight is 670 g/mol. The highest BCUT2D eigenvalue weighted by molar-refractivity contribution is 8.01. The summed E-state index contributed by atoms with van der Waals surface area (Å²) in [6.45, 7) is 18.6. The topological polar surface area (TPSA) is 86.6 Å². The second-order valence-corrected chi connectivity index (χ2v) is 18.0. The van der Waals surface area contributed by atoms with Gasteiger partial charge in [-0.05, 0) is 130 Å². The fourth-order valence-corrected chi connectivity index (χ4v) is 8.75. The van der Waals surface area contributed by atoms with Gasteiger partial charge in [-0.3, -0.25) is 0 Å². The largest absolute Gasteiger partial charge is 0.478 e. The predicted molar refractivity (Wildman–Crippen MR) is 196 cm³/mol. The number of rotatable bonds is 6. The molecule has 0 radical (unpaired) electrons. The Morgan fingerprint density at radius 3 is 1.60 bits per heavy atom. The number of anilines is 2. The number of benzene rings is 3. The fraction of sp³-hybridized carbons (Fsp3) is 0.400. The molecule has 0 atom stereocenters. The molecule has 0 amide bonds. The summed E-state index contributed by atoms with van der Waals surface area (Å²) in [7, 11) is 0. The summed E-state index contributed by atoms with van der Waals surface area (Å²) >= 11 is 2.99. The third kappa shape index (κ3) is 7.62. The fourth-order valence-electron chi connectivity index (χ4n) is 6.77. The Bertz CT molecular complexity index is 1800. The van der Waals surface area contributed by atoms with Crippen molar-refractivity contribution in [1.29, 1.82) is 0 Å². The quantitative estimate of drug-likeness (QED) is 0.189. The Balaban J connectivity index is 0.000000185. The number of carboxylic acid groups (broad SMARTS) is 2. The standard InChI is InChI=1S/C21H25NO2.C19H22O2S2/c1-20(2)11-12-21(3,4)18-13-16(9-10-17(18)20)22-15-7-5-14(6-8-15)19(23)24;1-18(2)9-10-19(3,4)14-11-12(5-6-13(14)18)22-16-8-7-15(23-16)17(20)21/h5-10,13,22H,11-12H2,1-4H3,(H,23,24);5-8,11H,9-10H2,1-4H3,(H,20,21). The summed E-state index contributed by atoms with van der Waals surface area (Å²) in [5, 5.41) is 21.4. The van der Waals surface area contributed by atoms with Gasteiger partial charge >= 0.3 is 11.9 Å². The van der Waals surface area contributed by atoms with Crippen molar-refractivity contribution in [2.45, 2.75) is 112 Å². The van der Waals surface area contributed by atoms with E-state index in [0.717, 1.165) is 15.6 Å². The van der Waals surface area contributed by atoms with Crippen LogP contribution in [0, 0.1) is 0 Å². The van der Waals surface area contributed by atoms with E-state index in [-0.39, 0.29) is 21.7 Å². The number of aromatic carboxylic acids is 2. The molecule has 7 heteroatoms. The lowest BCUT2D eigenvalue weighted by Crippen LogP contribution is -2.33. The zero-order valence-electron chi connectivity index (χ0n) is 28.8. The van der Waals surface area contributed by atoms with Gasteiger partial charge in [0, 0.05) is 16.3 Å². The first-order chi connectivity index (χ1) is 21.9. The summed E-state index contributed by atoms with van der Waals surface area (Å²) in [5.41, 5.74) is 8.80. The van der Waals surface area contributed by atoms with Crippen LogP contribution < -0.4 is 5.32 Å². The van der Waals surface area contributed by atoms with E-state index in [9.17, 15) is 9.59 Å². The minimum Gasteiger partial charge on any atom is -0.478 e. The van der Waals surface area contributed by atoms with E-state index < -0.39 is 11.9 Å². The lowest BCUT2D eigenvalue weighted by Gasteiger charge is -2.42. The minimum absolute atomic E-state index is 0.176. The van der Waals surface area contributed by atoms with Crippen molar-refractivity contribution in [3.63, 3.8) is 0 Å². The van der Waals surface area contributed by atoms with Gasteiger partial charge in [-0.15, -0.1) is 11.3 Å². The zero-order valence-corrected chi connectivity index (χ0v) is 30.4. The molecule has 0 aliphatic heterocycles. The Kier molecular flexibility index (Phi) is 9.48. The number of hydrogen-bond acceptors (Lipinski definition) is 5. The predicted octanol–water partition coefficient (Wildman–Crippen LogP) is 11.4. The van der Waals surface area contributed by atoms with E-state index in [1.165, 1.54) is 64.2 Å². The average Bonchev–Trinajstić information content (AvgIpc) is 3.48. The van der Waals surface area contributed by atoms with Crippen LogP contribution in [0.1, 0.15) is 123 Å². The van der Waals surface area contributed by atoms with E-state index in [0.29, 0.717) is 10.4 Å². The van der Waals surface area contributed by atoms with Gasteiger partial charge in [-0.2, -0.15) is 0 Å². The number of carboxylic acids is 2. The summed E-state index contributed by atoms with van der Waals surface area (Å²) in [6, 6.07) is 23.8. The van der Waals surface area contributed by atoms with Crippen molar-refractivity contribution in [2.75, 3.05) is 5.32 Å². The summed E-state index contributed by atoms with van der Waals surface area (Å²) in [6.07, 6.45) is 4.80. The number of nitrogens with one attached hydrogen (secondary N) is 1. The molecule has 4 aromatic rings. The monoisotopic (exact) mass is 669 g/mol. The van der Waals surface area contributed by atoms with Gasteiger partial charge in [0.25, 0.3) is 0 Å². The minimum atomic E-state index is -0.903. The van der Waals surface area contributed by atoms with Crippen molar-refractivity contribution in [3.05, 3.63) is 105 Å². The molecule has 1 aromatic heterocycles. The first kappa shape index (κ1) is 34.8. The molecule has 0 fully saturated rings. The third-order valence-electron chi connectivity index (χ3n) is 10.1. The molecule has 47 heavy (non-hydrogen) atoms. The van der Waals surface area contributed by atoms with Gasteiger partial charge < -0.3 is 15.5 Å². The molecule has 3 aromatic carbocycles. The number of fused-ring (bicyclic) bond motifs is 2. The van der Waals surface area contributed by atoms with Crippen LogP contribution in [-0.4, -0.2) is 22.2 Å². The first-order valence-corrected chi connectivity index (χ1v) is 17.9. The Morgan fingerprint density at radius 2 is 1.09 bits per heavy atom. The maximum Gasteiger partial charge on any atom is 0.345 e. The van der Waals surface area contributed by atoms with Crippen LogP contribution in [0.15, 0.2) is 81.9 Å². The van der Waals surface area contributed by atoms with Crippen molar-refractivity contribution in [1.82, 2.24) is 0 Å². The second kappa shape index (κ2) is 12.8. The molecule has 3 N–H and O–H groups in total. The normalized spacial score (nSPS) is 18.1. The lowest BCUT2D eigenvalue weighted by molar-refractivity contribution is 0.0688. The van der Waals surface area contributed by atoms with Crippen molar-refractivity contribution < 1.29 is 19.8 Å². The molecule has 2 aliphatic carbocycles. The molecular weight excluding hydrogens is 623 g/mol. The van der Waals surface area contributed by atoms with Crippen molar-refractivity contribution in [2.24, 2.45) is 0 Å². The third-order valence-corrected chi connectivity index (χ3v) is 12.3. The van der Waals surface area contributed by atoms with E-state index in [2.05, 4.69) is 97.1 Å². The maximum absolute atomic E-state index is 11.0. The maximum atomic E-state index is 11.0. The molecule has 0 saturated heterocycles. The number of thiophene rings is 1. The van der Waals surface area contributed by atoms with E-state index in [1.54, 1.807) is 42.1 Å². The van der Waals surface area contributed by atoms with E-state index in [1.807, 2.05) is 6.07 Å². The van der Waals surface area contributed by atoms with Gasteiger partial charge in [-0.1, -0.05) is 79.3 Å². The summed E-state index contributed by atoms with van der Waals surface area (Å²) in [4.78, 5) is 23.5. The molecule has 6 rings (SSSR count). The molecule has 5 nitrogen and oxygen atoms in total. The van der Waals surface area contributed by atoms with Gasteiger partial charge in [0.05, 0.1) is 9.77 Å². The van der Waals surface area contributed by atoms with Crippen LogP contribution in [0.3, 0.4) is 0 Å². The molecule has 248 valence electrons. The molecule has 2 aliphatic rings. The van der Waals surface area contributed by atoms with Crippen molar-refractivity contribution >= 4 is 46.4 Å². The number of hydrogen-bond donors (Lipinski definition) is 3. The lowest BCUT2D eigenvalue weighted by atomic mass is 9.63. The molecule has 0 unspecified atom stereocenters. The highest BCUT2D eigenvalue weighted by Gasteiger charge is 2.38. The van der Waals surface area contributed by atoms with Gasteiger partial charge in [0.1, 0.15) is 4.88 Å². The van der Waals surface area contributed by atoms with E-state index in [4.69, 9.17) is 10.2 Å². The van der Waals surface area contributed by atoms with Crippen LogP contribution in [0.25, 0.3) is 0 Å². The first-order valence-electron chi connectivity index (χ1n) is 16.3. The molecular formula is C40H47NO4S2. The smallest absolute Gasteiger partial charge is 0.345 e. The van der Waals surface area contributed by atoms with Crippen LogP contribution in [0.5, 0.6) is 0 Å². The van der Waals surface area contributed by atoms with Gasteiger partial charge in [0.15, 0.2) is 0 Å². The molecule has 0 bridgehead atoms. The van der Waals surface area contributed by atoms with Gasteiger partial charge in [-0.25, -0.2) is 9.59 Å². The van der Waals surface area contributed by atoms with Crippen LogP contribution in [0.4, 0.5) is 11.4 Å². The van der Waals surface area contributed by atoms with E-state index >= 15 is 0 Å².